The van der Waals surface area contributed by atoms with Crippen molar-refractivity contribution in [3.05, 3.63) is 12.0 Å². The Labute approximate surface area is 118 Å². The molecule has 0 aliphatic carbocycles. The molecule has 2 saturated heterocycles. The van der Waals surface area contributed by atoms with Gasteiger partial charge in [-0.3, -0.25) is 0 Å². The summed E-state index contributed by atoms with van der Waals surface area (Å²) in [5.74, 6) is 0.768. The Bertz CT molecular complexity index is 512. The maximum absolute atomic E-state index is 11.7. The van der Waals surface area contributed by atoms with E-state index in [1.54, 1.807) is 6.92 Å². The summed E-state index contributed by atoms with van der Waals surface area (Å²) in [6.07, 6.45) is 1.38. The molecule has 0 radical (unpaired) electrons. The normalized spacial score (nSPS) is 27.6. The van der Waals surface area contributed by atoms with E-state index >= 15 is 0 Å². The number of hydrogen-bond acceptors (Lipinski definition) is 6. The monoisotopic (exact) mass is 279 g/mol. The minimum atomic E-state index is -0.429. The van der Waals surface area contributed by atoms with Gasteiger partial charge in [-0.1, -0.05) is 0 Å². The first-order valence-electron chi connectivity index (χ1n) is 7.15. The molecule has 3 rings (SSSR count). The summed E-state index contributed by atoms with van der Waals surface area (Å²) in [5.41, 5.74) is 0.220. The number of carbonyl (C=O) groups is 1. The molecule has 0 aromatic carbocycles. The third kappa shape index (κ3) is 1.98. The molecule has 2 aliphatic heterocycles. The molecule has 2 fully saturated rings. The van der Waals surface area contributed by atoms with Gasteiger partial charge in [0.1, 0.15) is 6.26 Å². The Morgan fingerprint density at radius 1 is 1.60 bits per heavy atom. The Hall–Kier alpha value is -1.56. The molecule has 6 heteroatoms. The van der Waals surface area contributed by atoms with Crippen molar-refractivity contribution >= 4 is 12.0 Å². The molecule has 1 N–H and O–H groups in total. The van der Waals surface area contributed by atoms with Gasteiger partial charge in [-0.05, 0) is 32.6 Å². The average molecular weight is 279 g/mol. The largest absolute Gasteiger partial charge is 0.461 e. The number of nitrogens with zero attached hydrogens (tertiary/aromatic N) is 2. The molecule has 3 heterocycles. The van der Waals surface area contributed by atoms with E-state index < -0.39 is 5.97 Å². The summed E-state index contributed by atoms with van der Waals surface area (Å²) in [5, 5.41) is 3.44. The van der Waals surface area contributed by atoms with Crippen LogP contribution in [0.1, 0.15) is 31.3 Å². The fourth-order valence-corrected chi connectivity index (χ4v) is 3.43. The Balaban J connectivity index is 1.81. The van der Waals surface area contributed by atoms with Crippen LogP contribution in [0.4, 0.5) is 6.01 Å². The molecule has 20 heavy (non-hydrogen) atoms. The van der Waals surface area contributed by atoms with Crippen LogP contribution in [0, 0.1) is 11.8 Å². The minimum absolute atomic E-state index is 0.0229. The predicted octanol–water partition coefficient (Wildman–Crippen LogP) is 1.29. The van der Waals surface area contributed by atoms with E-state index in [1.165, 1.54) is 6.26 Å². The van der Waals surface area contributed by atoms with Gasteiger partial charge in [0.15, 0.2) is 5.69 Å². The molecule has 2 atom stereocenters. The molecule has 0 saturated carbocycles. The summed E-state index contributed by atoms with van der Waals surface area (Å²) in [6.45, 7) is 9.50. The first-order valence-corrected chi connectivity index (χ1v) is 7.15. The molecule has 2 unspecified atom stereocenters. The van der Waals surface area contributed by atoms with E-state index in [2.05, 4.69) is 29.0 Å². The first-order chi connectivity index (χ1) is 9.54. The number of rotatable bonds is 3. The second kappa shape index (κ2) is 4.77. The second-order valence-electron chi connectivity index (χ2n) is 6.02. The molecule has 1 aromatic rings. The fraction of sp³-hybridized carbons (Fsp3) is 0.714. The van der Waals surface area contributed by atoms with Crippen molar-refractivity contribution in [2.45, 2.75) is 26.3 Å². The number of aromatic nitrogens is 1. The number of ether oxygens (including phenoxy) is 1. The number of esters is 1. The fourth-order valence-electron chi connectivity index (χ4n) is 3.43. The van der Waals surface area contributed by atoms with Gasteiger partial charge in [-0.25, -0.2) is 4.79 Å². The topological polar surface area (TPSA) is 67.6 Å². The van der Waals surface area contributed by atoms with Gasteiger partial charge in [0.05, 0.1) is 6.61 Å². The Morgan fingerprint density at radius 2 is 2.40 bits per heavy atom. The molecule has 1 aromatic heterocycles. The smallest absolute Gasteiger partial charge is 0.360 e. The van der Waals surface area contributed by atoms with E-state index in [-0.39, 0.29) is 11.2 Å². The lowest BCUT2D eigenvalue weighted by Gasteiger charge is -2.34. The quantitative estimate of drug-likeness (QED) is 0.841. The van der Waals surface area contributed by atoms with Crippen LogP contribution in [0.3, 0.4) is 0 Å². The summed E-state index contributed by atoms with van der Waals surface area (Å²) < 4.78 is 10.5. The maximum Gasteiger partial charge on any atom is 0.360 e. The van der Waals surface area contributed by atoms with E-state index in [9.17, 15) is 4.79 Å². The van der Waals surface area contributed by atoms with E-state index in [0.717, 1.165) is 19.6 Å². The molecule has 0 amide bonds. The zero-order chi connectivity index (χ0) is 14.3. The molecular weight excluding hydrogens is 258 g/mol. The van der Waals surface area contributed by atoms with Crippen LogP contribution in [0.25, 0.3) is 0 Å². The van der Waals surface area contributed by atoms with E-state index in [0.29, 0.717) is 24.5 Å². The minimum Gasteiger partial charge on any atom is -0.461 e. The lowest BCUT2D eigenvalue weighted by molar-refractivity contribution is 0.0519. The van der Waals surface area contributed by atoms with Crippen molar-refractivity contribution in [3.63, 3.8) is 0 Å². The lowest BCUT2D eigenvalue weighted by Crippen LogP contribution is -2.44. The van der Waals surface area contributed by atoms with Crippen molar-refractivity contribution in [2.75, 3.05) is 31.1 Å². The number of carbonyl (C=O) groups excluding carboxylic acids is 1. The van der Waals surface area contributed by atoms with Gasteiger partial charge in [0, 0.05) is 25.2 Å². The number of hydrogen-bond donors (Lipinski definition) is 1. The predicted molar refractivity (Wildman–Crippen MR) is 73.7 cm³/mol. The summed E-state index contributed by atoms with van der Waals surface area (Å²) in [7, 11) is 0. The van der Waals surface area contributed by atoms with Crippen LogP contribution >= 0.6 is 0 Å². The van der Waals surface area contributed by atoms with Crippen LogP contribution in [-0.4, -0.2) is 42.7 Å². The lowest BCUT2D eigenvalue weighted by atomic mass is 9.85. The highest BCUT2D eigenvalue weighted by molar-refractivity contribution is 5.87. The third-order valence-corrected chi connectivity index (χ3v) is 4.57. The number of anilines is 1. The van der Waals surface area contributed by atoms with Gasteiger partial charge in [0.25, 0.3) is 6.01 Å². The highest BCUT2D eigenvalue weighted by atomic mass is 16.5. The maximum atomic E-state index is 11.7. The van der Waals surface area contributed by atoms with Crippen LogP contribution in [0.15, 0.2) is 10.7 Å². The molecular formula is C14H21N3O3. The van der Waals surface area contributed by atoms with Crippen molar-refractivity contribution < 1.29 is 13.9 Å². The van der Waals surface area contributed by atoms with Crippen molar-refractivity contribution in [1.82, 2.24) is 10.3 Å². The van der Waals surface area contributed by atoms with Crippen molar-refractivity contribution in [3.8, 4) is 0 Å². The van der Waals surface area contributed by atoms with Gasteiger partial charge >= 0.3 is 5.97 Å². The van der Waals surface area contributed by atoms with Gasteiger partial charge in [-0.2, -0.15) is 4.98 Å². The second-order valence-corrected chi connectivity index (χ2v) is 6.02. The first kappa shape index (κ1) is 13.4. The van der Waals surface area contributed by atoms with E-state index in [4.69, 9.17) is 9.15 Å². The highest BCUT2D eigenvalue weighted by Gasteiger charge is 2.51. The summed E-state index contributed by atoms with van der Waals surface area (Å²) >= 11 is 0. The summed E-state index contributed by atoms with van der Waals surface area (Å²) in [6, 6.07) is 0.521. The number of oxazole rings is 1. The number of nitrogens with one attached hydrogen (secondary N) is 1. The van der Waals surface area contributed by atoms with Gasteiger partial charge in [-0.15, -0.1) is 0 Å². The van der Waals surface area contributed by atoms with Gasteiger partial charge in [0.2, 0.25) is 0 Å². The SMILES string of the molecule is CCOC(=O)c1coc(N2CC3CNCC3C2(C)C)n1. The zero-order valence-corrected chi connectivity index (χ0v) is 12.2. The molecule has 0 bridgehead atoms. The van der Waals surface area contributed by atoms with Crippen LogP contribution in [-0.2, 0) is 4.74 Å². The van der Waals surface area contributed by atoms with E-state index in [1.807, 2.05) is 0 Å². The van der Waals surface area contributed by atoms with Crippen molar-refractivity contribution in [1.29, 1.82) is 0 Å². The number of fused-ring (bicyclic) bond motifs is 1. The molecule has 0 spiro atoms. The standard InChI is InChI=1S/C14H21N3O3/c1-4-19-12(18)11-8-20-13(16-11)17-7-9-5-15-6-10(9)14(17,2)3/h8-10,15H,4-7H2,1-3H3. The van der Waals surface area contributed by atoms with Crippen LogP contribution in [0.5, 0.6) is 0 Å². The summed E-state index contributed by atoms with van der Waals surface area (Å²) in [4.78, 5) is 18.1. The molecule has 110 valence electrons. The Morgan fingerprint density at radius 3 is 3.10 bits per heavy atom. The third-order valence-electron chi connectivity index (χ3n) is 4.57. The molecule has 6 nitrogen and oxygen atoms in total. The zero-order valence-electron chi connectivity index (χ0n) is 12.2. The Kier molecular flexibility index (Phi) is 3.20. The van der Waals surface area contributed by atoms with Crippen LogP contribution in [0.2, 0.25) is 0 Å². The van der Waals surface area contributed by atoms with Crippen LogP contribution < -0.4 is 10.2 Å². The molecule has 2 aliphatic rings. The van der Waals surface area contributed by atoms with Crippen molar-refractivity contribution in [2.24, 2.45) is 11.8 Å². The highest BCUT2D eigenvalue weighted by Crippen LogP contribution is 2.42. The van der Waals surface area contributed by atoms with Gasteiger partial charge < -0.3 is 19.4 Å². The average Bonchev–Trinajstić information content (AvgIpc) is 3.08.